The molecule has 2 aromatic carbocycles. The molecular formula is C29H34N4O6. The van der Waals surface area contributed by atoms with Crippen LogP contribution >= 0.6 is 0 Å². The Labute approximate surface area is 227 Å². The van der Waals surface area contributed by atoms with Crippen LogP contribution in [-0.4, -0.2) is 90.7 Å². The first-order valence-electron chi connectivity index (χ1n) is 13.4. The maximum atomic E-state index is 14.0. The smallest absolute Gasteiger partial charge is 0.310 e. The average molecular weight is 535 g/mol. The van der Waals surface area contributed by atoms with Crippen LogP contribution in [0.3, 0.4) is 0 Å². The molecule has 5 rings (SSSR count). The highest BCUT2D eigenvalue weighted by Gasteiger charge is 2.45. The lowest BCUT2D eigenvalue weighted by Crippen LogP contribution is -2.67. The first-order chi connectivity index (χ1) is 18.9. The Morgan fingerprint density at radius 3 is 2.62 bits per heavy atom. The van der Waals surface area contributed by atoms with Gasteiger partial charge in [-0.3, -0.25) is 19.2 Å². The lowest BCUT2D eigenvalue weighted by atomic mass is 9.96. The van der Waals surface area contributed by atoms with Crippen LogP contribution in [0.1, 0.15) is 36.5 Å². The van der Waals surface area contributed by atoms with E-state index in [9.17, 15) is 19.2 Å². The van der Waals surface area contributed by atoms with Crippen LogP contribution in [-0.2, 0) is 23.9 Å². The molecule has 2 N–H and O–H groups in total. The minimum absolute atomic E-state index is 0.00277. The monoisotopic (exact) mass is 534 g/mol. The molecule has 2 unspecified atom stereocenters. The van der Waals surface area contributed by atoms with E-state index in [1.807, 2.05) is 60.5 Å². The number of fused-ring (bicyclic) bond motifs is 2. The lowest BCUT2D eigenvalue weighted by Gasteiger charge is -2.46. The maximum absolute atomic E-state index is 14.0. The van der Waals surface area contributed by atoms with Crippen molar-refractivity contribution in [2.24, 2.45) is 0 Å². The van der Waals surface area contributed by atoms with Gasteiger partial charge in [-0.15, -0.1) is 0 Å². The van der Waals surface area contributed by atoms with Gasteiger partial charge in [0.05, 0.1) is 6.42 Å². The molecule has 3 heterocycles. The fourth-order valence-electron chi connectivity index (χ4n) is 5.69. The Morgan fingerprint density at radius 2 is 1.79 bits per heavy atom. The maximum Gasteiger partial charge on any atom is 0.310 e. The Morgan fingerprint density at radius 1 is 1.03 bits per heavy atom. The Hall–Kier alpha value is -3.76. The molecule has 39 heavy (non-hydrogen) atoms. The molecule has 0 radical (unpaired) electrons. The molecule has 2 saturated heterocycles. The van der Waals surface area contributed by atoms with Gasteiger partial charge >= 0.3 is 5.97 Å². The third-order valence-electron chi connectivity index (χ3n) is 7.50. The van der Waals surface area contributed by atoms with Crippen molar-refractivity contribution in [3.05, 3.63) is 60.2 Å². The molecule has 2 aromatic rings. The Balaban J connectivity index is 1.38. The summed E-state index contributed by atoms with van der Waals surface area (Å²) in [6, 6.07) is 10.6. The molecule has 5 atom stereocenters. The van der Waals surface area contributed by atoms with Gasteiger partial charge in [-0.1, -0.05) is 48.6 Å². The summed E-state index contributed by atoms with van der Waals surface area (Å²) in [6.45, 7) is 3.03. The summed E-state index contributed by atoms with van der Waals surface area (Å²) in [5.74, 6) is -1.46. The van der Waals surface area contributed by atoms with E-state index in [-0.39, 0.29) is 30.2 Å². The zero-order valence-corrected chi connectivity index (χ0v) is 22.2. The van der Waals surface area contributed by atoms with Gasteiger partial charge in [-0.2, -0.15) is 0 Å². The van der Waals surface area contributed by atoms with Crippen LogP contribution in [0, 0.1) is 0 Å². The van der Waals surface area contributed by atoms with Crippen molar-refractivity contribution in [1.82, 2.24) is 20.4 Å². The largest absolute Gasteiger partial charge is 0.433 e. The predicted octanol–water partition coefficient (Wildman–Crippen LogP) is 1.59. The number of hydrogen-bond acceptors (Lipinski definition) is 7. The molecule has 10 nitrogen and oxygen atoms in total. The van der Waals surface area contributed by atoms with E-state index < -0.39 is 30.4 Å². The molecule has 2 fully saturated rings. The van der Waals surface area contributed by atoms with Crippen LogP contribution in [0.15, 0.2) is 54.6 Å². The molecule has 3 aliphatic rings. The summed E-state index contributed by atoms with van der Waals surface area (Å²) < 4.78 is 10.7. The Bertz CT molecular complexity index is 1290. The first-order valence-corrected chi connectivity index (χ1v) is 13.4. The summed E-state index contributed by atoms with van der Waals surface area (Å²) in [4.78, 5) is 56.5. The summed E-state index contributed by atoms with van der Waals surface area (Å²) in [5, 5.41) is 7.57. The second-order valence-electron chi connectivity index (χ2n) is 10.3. The minimum atomic E-state index is -0.859. The van der Waals surface area contributed by atoms with Gasteiger partial charge in [0.15, 0.2) is 0 Å². The van der Waals surface area contributed by atoms with Crippen molar-refractivity contribution in [3.63, 3.8) is 0 Å². The van der Waals surface area contributed by atoms with Crippen molar-refractivity contribution < 1.29 is 28.7 Å². The van der Waals surface area contributed by atoms with E-state index in [4.69, 9.17) is 9.47 Å². The number of nitrogens with one attached hydrogen (secondary N) is 2. The van der Waals surface area contributed by atoms with Gasteiger partial charge in [-0.05, 0) is 43.7 Å². The number of nitrogens with zero attached hydrogens (tertiary/aromatic N) is 2. The number of carbonyl (C=O) groups excluding carboxylic acids is 4. The van der Waals surface area contributed by atoms with Gasteiger partial charge in [0.2, 0.25) is 18.1 Å². The number of carbonyl (C=O) groups is 4. The number of benzene rings is 2. The molecular weight excluding hydrogens is 500 g/mol. The van der Waals surface area contributed by atoms with E-state index in [0.717, 1.165) is 10.8 Å². The van der Waals surface area contributed by atoms with Crippen LogP contribution in [0.5, 0.6) is 0 Å². The average Bonchev–Trinajstić information content (AvgIpc) is 3.26. The van der Waals surface area contributed by atoms with Crippen molar-refractivity contribution >= 4 is 34.5 Å². The van der Waals surface area contributed by atoms with Crippen molar-refractivity contribution in [1.29, 1.82) is 0 Å². The second kappa shape index (κ2) is 11.5. The van der Waals surface area contributed by atoms with Gasteiger partial charge in [0.25, 0.3) is 5.91 Å². The van der Waals surface area contributed by atoms with Crippen LogP contribution in [0.4, 0.5) is 0 Å². The molecule has 10 heteroatoms. The van der Waals surface area contributed by atoms with Crippen LogP contribution < -0.4 is 10.6 Å². The molecule has 0 bridgehead atoms. The van der Waals surface area contributed by atoms with E-state index in [2.05, 4.69) is 10.6 Å². The number of cyclic esters (lactones) is 1. The first kappa shape index (κ1) is 26.8. The third kappa shape index (κ3) is 5.67. The summed E-state index contributed by atoms with van der Waals surface area (Å²) in [6.07, 6.45) is 3.98. The van der Waals surface area contributed by atoms with Crippen molar-refractivity contribution in [2.45, 2.75) is 56.6 Å². The summed E-state index contributed by atoms with van der Waals surface area (Å²) in [7, 11) is 1.91. The topological polar surface area (TPSA) is 117 Å². The number of likely N-dealkylation sites (N-methyl/N-ethyl adjacent to an activating group) is 1. The normalized spacial score (nSPS) is 28.3. The molecule has 206 valence electrons. The number of hydrogen-bond donors (Lipinski definition) is 2. The fraction of sp³-hybridized carbons (Fsp3) is 0.448. The Kier molecular flexibility index (Phi) is 7.94. The van der Waals surface area contributed by atoms with Crippen LogP contribution in [0.25, 0.3) is 10.8 Å². The molecule has 0 aliphatic carbocycles. The van der Waals surface area contributed by atoms with Gasteiger partial charge < -0.3 is 29.9 Å². The molecule has 3 amide bonds. The molecule has 3 aliphatic heterocycles. The van der Waals surface area contributed by atoms with E-state index in [1.54, 1.807) is 17.9 Å². The summed E-state index contributed by atoms with van der Waals surface area (Å²) in [5.41, 5.74) is 0.490. The van der Waals surface area contributed by atoms with Crippen LogP contribution in [0.2, 0.25) is 0 Å². The summed E-state index contributed by atoms with van der Waals surface area (Å²) >= 11 is 0. The standard InChI is InChI=1S/C29H34N4O6/c1-3-38-29-23(15-25(34)39-29)31-27(36)24-17-32(2)16-19-11-5-7-14-22(28(37)33(19)24)30-26(35)21-13-8-10-18-9-4-6-12-20(18)21/h4-10,12-13,19,22-24,29H,3,11,14-17H2,1-2H3,(H,30,35)(H,31,36)/b7-5-/t19-,22-,23?,24-,29?/m0/s1. The number of ether oxygens (including phenoxy) is 2. The van der Waals surface area contributed by atoms with Gasteiger partial charge in [0.1, 0.15) is 18.1 Å². The molecule has 0 aromatic heterocycles. The number of rotatable bonds is 6. The third-order valence-corrected chi connectivity index (χ3v) is 7.50. The second-order valence-corrected chi connectivity index (χ2v) is 10.3. The van der Waals surface area contributed by atoms with E-state index in [0.29, 0.717) is 38.1 Å². The highest BCUT2D eigenvalue weighted by molar-refractivity contribution is 6.08. The predicted molar refractivity (Wildman–Crippen MR) is 144 cm³/mol. The fourth-order valence-corrected chi connectivity index (χ4v) is 5.69. The lowest BCUT2D eigenvalue weighted by molar-refractivity contribution is -0.165. The van der Waals surface area contributed by atoms with E-state index in [1.165, 1.54) is 0 Å². The molecule has 0 spiro atoms. The van der Waals surface area contributed by atoms with Gasteiger partial charge in [-0.25, -0.2) is 0 Å². The van der Waals surface area contributed by atoms with Crippen molar-refractivity contribution in [2.75, 3.05) is 26.7 Å². The number of amides is 3. The quantitative estimate of drug-likeness (QED) is 0.427. The zero-order chi connectivity index (χ0) is 27.5. The zero-order valence-electron chi connectivity index (χ0n) is 22.2. The van der Waals surface area contributed by atoms with Crippen molar-refractivity contribution in [3.8, 4) is 0 Å². The highest BCUT2D eigenvalue weighted by atomic mass is 16.7. The number of piperazine rings is 1. The number of esters is 1. The van der Waals surface area contributed by atoms with E-state index >= 15 is 0 Å². The van der Waals surface area contributed by atoms with Gasteiger partial charge in [0, 0.05) is 31.3 Å². The minimum Gasteiger partial charge on any atom is -0.433 e. The SMILES string of the molecule is CCOC1OC(=O)CC1NC(=O)[C@@H]1CN(C)C[C@@H]2C/C=C\C[C@H](NC(=O)c3cccc4ccccc34)C(=O)N21. The highest BCUT2D eigenvalue weighted by Crippen LogP contribution is 2.25. The molecule has 0 saturated carbocycles.